The molecule has 42 heavy (non-hydrogen) atoms. The average Bonchev–Trinajstić information content (AvgIpc) is 3.61. The van der Waals surface area contributed by atoms with E-state index in [2.05, 4.69) is 50.9 Å². The highest BCUT2D eigenvalue weighted by atomic mass is 16.5. The number of aryl methyl sites for hydroxylation is 2. The normalized spacial score (nSPS) is 19.5. The number of nitrogens with zero attached hydrogens (tertiary/aromatic N) is 4. The third-order valence-corrected chi connectivity index (χ3v) is 8.71. The second-order valence-electron chi connectivity index (χ2n) is 11.6. The van der Waals surface area contributed by atoms with Crippen LogP contribution in [0.2, 0.25) is 0 Å². The predicted octanol–water partition coefficient (Wildman–Crippen LogP) is 7.35. The number of imidazole rings is 1. The van der Waals surface area contributed by atoms with Crippen molar-refractivity contribution in [3.05, 3.63) is 96.1 Å². The molecule has 208 valence electrons. The van der Waals surface area contributed by atoms with Crippen molar-refractivity contribution in [2.75, 3.05) is 23.8 Å². The summed E-state index contributed by atoms with van der Waals surface area (Å²) in [7, 11) is 0. The Balaban J connectivity index is 1.05. The van der Waals surface area contributed by atoms with Crippen LogP contribution in [0.4, 0.5) is 22.7 Å². The Hall–Kier alpha value is -4.82. The molecule has 2 aliphatic rings. The zero-order valence-corrected chi connectivity index (χ0v) is 23.6. The van der Waals surface area contributed by atoms with Crippen molar-refractivity contribution in [3.8, 4) is 11.5 Å². The monoisotopic (exact) mass is 553 g/mol. The highest BCUT2D eigenvalue weighted by Gasteiger charge is 2.56. The van der Waals surface area contributed by atoms with E-state index in [0.29, 0.717) is 5.92 Å². The first-order valence-corrected chi connectivity index (χ1v) is 14.4. The van der Waals surface area contributed by atoms with E-state index in [-0.39, 0.29) is 5.41 Å². The van der Waals surface area contributed by atoms with E-state index in [1.54, 1.807) is 6.20 Å². The fraction of sp³-hybridized carbons (Fsp3) is 0.235. The van der Waals surface area contributed by atoms with Crippen LogP contribution >= 0.6 is 0 Å². The third kappa shape index (κ3) is 4.44. The minimum Gasteiger partial charge on any atom is -0.381 e. The predicted molar refractivity (Wildman–Crippen MR) is 167 cm³/mol. The topological polar surface area (TPSA) is 101 Å². The maximum atomic E-state index is 5.72. The molecule has 4 aromatic heterocycles. The Morgan fingerprint density at radius 2 is 1.71 bits per heavy atom. The number of H-pyrrole nitrogens is 1. The summed E-state index contributed by atoms with van der Waals surface area (Å²) in [4.78, 5) is 22.0. The fourth-order valence-corrected chi connectivity index (χ4v) is 6.42. The molecule has 0 amide bonds. The SMILES string of the molecule is Cc1cc(Nc2ccc3nc(-c4ccc(Nc5cc(C)nc6ccc(C78CCOC[C@@H]7C8)cc56)cn4)[nH]c3c2)ccn1. The standard InChI is InChI=1S/C34H31N7O/c1-20-13-25(9-11-35-20)38-24-4-7-29-32(16-24)41-33(40-29)30-8-5-26(18-36-30)39-31-14-21(2)37-28-6-3-22(15-27(28)31)34-10-12-42-19-23(34)17-34/h3-9,11,13-16,18,23H,10,12,17,19H2,1-2H3,(H,35,38)(H,37,39)(H,40,41)/t23-,34?/m0/s1. The molecule has 2 aromatic carbocycles. The van der Waals surface area contributed by atoms with Crippen LogP contribution in [0, 0.1) is 19.8 Å². The Morgan fingerprint density at radius 3 is 2.57 bits per heavy atom. The van der Waals surface area contributed by atoms with Gasteiger partial charge in [0, 0.05) is 52.1 Å². The van der Waals surface area contributed by atoms with Crippen molar-refractivity contribution < 1.29 is 4.74 Å². The highest BCUT2D eigenvalue weighted by molar-refractivity contribution is 5.94. The van der Waals surface area contributed by atoms with Gasteiger partial charge in [0.2, 0.25) is 0 Å². The molecular weight excluding hydrogens is 522 g/mol. The Bertz CT molecular complexity index is 1970. The lowest BCUT2D eigenvalue weighted by Gasteiger charge is -2.23. The van der Waals surface area contributed by atoms with Gasteiger partial charge in [0.25, 0.3) is 0 Å². The van der Waals surface area contributed by atoms with Crippen molar-refractivity contribution in [1.82, 2.24) is 24.9 Å². The molecule has 2 atom stereocenters. The summed E-state index contributed by atoms with van der Waals surface area (Å²) in [5.74, 6) is 1.38. The molecule has 1 saturated heterocycles. The van der Waals surface area contributed by atoms with Crippen LogP contribution in [-0.2, 0) is 10.2 Å². The van der Waals surface area contributed by atoms with Gasteiger partial charge in [-0.25, -0.2) is 4.98 Å². The van der Waals surface area contributed by atoms with E-state index in [9.17, 15) is 0 Å². The lowest BCUT2D eigenvalue weighted by molar-refractivity contribution is 0.0803. The molecule has 1 aliphatic heterocycles. The van der Waals surface area contributed by atoms with Gasteiger partial charge in [0.1, 0.15) is 5.69 Å². The molecule has 1 saturated carbocycles. The maximum Gasteiger partial charge on any atom is 0.157 e. The summed E-state index contributed by atoms with van der Waals surface area (Å²) in [6, 6.07) is 23.0. The number of fused-ring (bicyclic) bond motifs is 3. The smallest absolute Gasteiger partial charge is 0.157 e. The minimum absolute atomic E-state index is 0.277. The molecule has 0 bridgehead atoms. The Kier molecular flexibility index (Phi) is 5.72. The number of aromatic amines is 1. The first-order chi connectivity index (χ1) is 20.5. The molecule has 5 heterocycles. The molecule has 8 heteroatoms. The summed E-state index contributed by atoms with van der Waals surface area (Å²) < 4.78 is 5.72. The highest BCUT2D eigenvalue weighted by Crippen LogP contribution is 2.59. The number of nitrogens with one attached hydrogen (secondary N) is 3. The van der Waals surface area contributed by atoms with E-state index in [0.717, 1.165) is 87.2 Å². The average molecular weight is 554 g/mol. The molecule has 6 aromatic rings. The molecule has 1 aliphatic carbocycles. The van der Waals surface area contributed by atoms with Crippen LogP contribution in [-0.4, -0.2) is 38.1 Å². The number of hydrogen-bond acceptors (Lipinski definition) is 7. The van der Waals surface area contributed by atoms with E-state index in [1.807, 2.05) is 56.4 Å². The van der Waals surface area contributed by atoms with Crippen molar-refractivity contribution in [2.45, 2.75) is 32.1 Å². The molecule has 8 rings (SSSR count). The molecule has 0 radical (unpaired) electrons. The number of anilines is 4. The zero-order valence-electron chi connectivity index (χ0n) is 23.6. The number of hydrogen-bond donors (Lipinski definition) is 3. The van der Waals surface area contributed by atoms with Crippen molar-refractivity contribution >= 4 is 44.7 Å². The van der Waals surface area contributed by atoms with Gasteiger partial charge in [-0.2, -0.15) is 0 Å². The maximum absolute atomic E-state index is 5.72. The van der Waals surface area contributed by atoms with Gasteiger partial charge >= 0.3 is 0 Å². The van der Waals surface area contributed by atoms with Crippen LogP contribution in [0.5, 0.6) is 0 Å². The summed E-state index contributed by atoms with van der Waals surface area (Å²) >= 11 is 0. The largest absolute Gasteiger partial charge is 0.381 e. The van der Waals surface area contributed by atoms with E-state index >= 15 is 0 Å². The zero-order chi connectivity index (χ0) is 28.3. The molecule has 2 fully saturated rings. The second-order valence-corrected chi connectivity index (χ2v) is 11.6. The minimum atomic E-state index is 0.277. The number of ether oxygens (including phenoxy) is 1. The fourth-order valence-electron chi connectivity index (χ4n) is 6.42. The summed E-state index contributed by atoms with van der Waals surface area (Å²) in [5, 5.41) is 8.19. The van der Waals surface area contributed by atoms with Crippen LogP contribution in [0.1, 0.15) is 29.8 Å². The van der Waals surface area contributed by atoms with Gasteiger partial charge in [0.15, 0.2) is 5.82 Å². The van der Waals surface area contributed by atoms with Gasteiger partial charge in [-0.3, -0.25) is 15.0 Å². The molecule has 0 spiro atoms. The van der Waals surface area contributed by atoms with E-state index in [4.69, 9.17) is 19.7 Å². The van der Waals surface area contributed by atoms with Crippen LogP contribution < -0.4 is 10.6 Å². The van der Waals surface area contributed by atoms with Gasteiger partial charge in [-0.1, -0.05) is 6.07 Å². The summed E-state index contributed by atoms with van der Waals surface area (Å²) in [6.07, 6.45) is 5.98. The first kappa shape index (κ1) is 24.9. The van der Waals surface area contributed by atoms with Crippen LogP contribution in [0.15, 0.2) is 79.1 Å². The third-order valence-electron chi connectivity index (χ3n) is 8.71. The summed E-state index contributed by atoms with van der Waals surface area (Å²) in [5.41, 5.74) is 11.2. The molecule has 1 unspecified atom stereocenters. The van der Waals surface area contributed by atoms with Crippen LogP contribution in [0.3, 0.4) is 0 Å². The van der Waals surface area contributed by atoms with Crippen molar-refractivity contribution in [2.24, 2.45) is 5.92 Å². The molecular formula is C34H31N7O. The van der Waals surface area contributed by atoms with Gasteiger partial charge in [0.05, 0.1) is 35.0 Å². The van der Waals surface area contributed by atoms with E-state index in [1.165, 1.54) is 12.0 Å². The molecule has 8 nitrogen and oxygen atoms in total. The number of benzene rings is 2. The summed E-state index contributed by atoms with van der Waals surface area (Å²) in [6.45, 7) is 5.74. The van der Waals surface area contributed by atoms with Gasteiger partial charge in [-0.05, 0) is 98.8 Å². The lowest BCUT2D eigenvalue weighted by atomic mass is 9.88. The van der Waals surface area contributed by atoms with E-state index < -0.39 is 0 Å². The molecule has 3 N–H and O–H groups in total. The van der Waals surface area contributed by atoms with Gasteiger partial charge in [-0.15, -0.1) is 0 Å². The number of aromatic nitrogens is 5. The number of pyridine rings is 3. The number of rotatable bonds is 6. The van der Waals surface area contributed by atoms with Gasteiger partial charge < -0.3 is 20.4 Å². The Labute approximate surface area is 243 Å². The lowest BCUT2D eigenvalue weighted by Crippen LogP contribution is -2.21. The first-order valence-electron chi connectivity index (χ1n) is 14.4. The van der Waals surface area contributed by atoms with Crippen LogP contribution in [0.25, 0.3) is 33.5 Å². The van der Waals surface area contributed by atoms with Crippen molar-refractivity contribution in [1.29, 1.82) is 0 Å². The Morgan fingerprint density at radius 1 is 0.833 bits per heavy atom. The second kappa shape index (κ2) is 9.63. The quantitative estimate of drug-likeness (QED) is 0.198. The van der Waals surface area contributed by atoms with Crippen molar-refractivity contribution in [3.63, 3.8) is 0 Å².